The van der Waals surface area contributed by atoms with E-state index in [0.717, 1.165) is 6.54 Å². The van der Waals surface area contributed by atoms with Crippen molar-refractivity contribution >= 4 is 17.3 Å². The summed E-state index contributed by atoms with van der Waals surface area (Å²) in [6, 6.07) is 0. The van der Waals surface area contributed by atoms with E-state index in [1.807, 2.05) is 0 Å². The first-order chi connectivity index (χ1) is 7.52. The first-order valence-electron chi connectivity index (χ1n) is 5.48. The Bertz CT molecular complexity index is 451. The van der Waals surface area contributed by atoms with Gasteiger partial charge in [-0.25, -0.2) is 4.68 Å². The van der Waals surface area contributed by atoms with Crippen molar-refractivity contribution in [3.8, 4) is 0 Å². The number of aromatic nitrogens is 2. The van der Waals surface area contributed by atoms with Crippen LogP contribution in [0, 0.1) is 5.41 Å². The van der Waals surface area contributed by atoms with Crippen LogP contribution in [0.1, 0.15) is 26.2 Å². The Morgan fingerprint density at radius 2 is 2.31 bits per heavy atom. The minimum absolute atomic E-state index is 0.223. The number of aryl methyl sites for hydroxylation is 1. The van der Waals surface area contributed by atoms with Gasteiger partial charge < -0.3 is 5.32 Å². The highest BCUT2D eigenvalue weighted by atomic mass is 35.5. The van der Waals surface area contributed by atoms with E-state index in [9.17, 15) is 4.79 Å². The van der Waals surface area contributed by atoms with Gasteiger partial charge in [0, 0.05) is 13.6 Å². The topological polar surface area (TPSA) is 46.9 Å². The van der Waals surface area contributed by atoms with Gasteiger partial charge in [0.1, 0.15) is 5.02 Å². The molecule has 1 fully saturated rings. The van der Waals surface area contributed by atoms with Crippen LogP contribution in [-0.4, -0.2) is 16.3 Å². The van der Waals surface area contributed by atoms with Crippen molar-refractivity contribution in [2.45, 2.75) is 26.2 Å². The molecule has 0 unspecified atom stereocenters. The summed E-state index contributed by atoms with van der Waals surface area (Å²) in [6.45, 7) is 3.09. The summed E-state index contributed by atoms with van der Waals surface area (Å²) >= 11 is 5.95. The fraction of sp³-hybridized carbons (Fsp3) is 0.636. The number of rotatable bonds is 3. The first-order valence-corrected chi connectivity index (χ1v) is 5.85. The van der Waals surface area contributed by atoms with Crippen LogP contribution in [0.2, 0.25) is 5.02 Å². The second kappa shape index (κ2) is 4.09. The van der Waals surface area contributed by atoms with Crippen LogP contribution in [-0.2, 0) is 7.05 Å². The van der Waals surface area contributed by atoms with Crippen molar-refractivity contribution in [1.82, 2.24) is 9.78 Å². The van der Waals surface area contributed by atoms with Crippen LogP contribution in [0.15, 0.2) is 11.0 Å². The minimum Gasteiger partial charge on any atom is -0.382 e. The Hall–Kier alpha value is -1.03. The summed E-state index contributed by atoms with van der Waals surface area (Å²) in [7, 11) is 1.59. The molecule has 1 aromatic rings. The maximum absolute atomic E-state index is 11.5. The standard InChI is InChI=1S/C11H16ClN3O/c1-11(4-3-5-11)7-13-8-6-14-15(2)10(16)9(8)12/h6,13H,3-5,7H2,1-2H3. The zero-order valence-electron chi connectivity index (χ0n) is 9.59. The molecule has 0 saturated heterocycles. The van der Waals surface area contributed by atoms with Crippen molar-refractivity contribution in [2.24, 2.45) is 12.5 Å². The molecule has 0 radical (unpaired) electrons. The van der Waals surface area contributed by atoms with Gasteiger partial charge in [0.15, 0.2) is 0 Å². The third-order valence-corrected chi connectivity index (χ3v) is 3.71. The van der Waals surface area contributed by atoms with E-state index in [1.165, 1.54) is 23.9 Å². The molecular formula is C11H16ClN3O. The number of anilines is 1. The minimum atomic E-state index is -0.259. The summed E-state index contributed by atoms with van der Waals surface area (Å²) in [6.07, 6.45) is 5.36. The van der Waals surface area contributed by atoms with E-state index in [4.69, 9.17) is 11.6 Å². The maximum Gasteiger partial charge on any atom is 0.287 e. The van der Waals surface area contributed by atoms with E-state index < -0.39 is 0 Å². The molecule has 88 valence electrons. The molecule has 1 aliphatic carbocycles. The summed E-state index contributed by atoms with van der Waals surface area (Å²) in [5, 5.41) is 7.38. The van der Waals surface area contributed by atoms with Gasteiger partial charge in [0.05, 0.1) is 11.9 Å². The number of nitrogens with one attached hydrogen (secondary N) is 1. The summed E-state index contributed by atoms with van der Waals surface area (Å²) < 4.78 is 1.23. The molecule has 0 spiro atoms. The quantitative estimate of drug-likeness (QED) is 0.881. The van der Waals surface area contributed by atoms with Crippen LogP contribution in [0.25, 0.3) is 0 Å². The second-order valence-electron chi connectivity index (χ2n) is 4.82. The van der Waals surface area contributed by atoms with Crippen molar-refractivity contribution in [2.75, 3.05) is 11.9 Å². The maximum atomic E-state index is 11.5. The largest absolute Gasteiger partial charge is 0.382 e. The smallest absolute Gasteiger partial charge is 0.287 e. The highest BCUT2D eigenvalue weighted by molar-refractivity contribution is 6.32. The SMILES string of the molecule is Cn1ncc(NCC2(C)CCC2)c(Cl)c1=O. The third kappa shape index (κ3) is 2.07. The van der Waals surface area contributed by atoms with Gasteiger partial charge in [-0.1, -0.05) is 24.9 Å². The molecule has 0 atom stereocenters. The predicted molar refractivity (Wildman–Crippen MR) is 64.9 cm³/mol. The summed E-state index contributed by atoms with van der Waals surface area (Å²) in [5.41, 5.74) is 0.730. The first kappa shape index (κ1) is 11.5. The van der Waals surface area contributed by atoms with E-state index in [-0.39, 0.29) is 10.6 Å². The van der Waals surface area contributed by atoms with Crippen LogP contribution >= 0.6 is 11.6 Å². The lowest BCUT2D eigenvalue weighted by Gasteiger charge is -2.38. The van der Waals surface area contributed by atoms with Crippen molar-refractivity contribution < 1.29 is 0 Å². The summed E-state index contributed by atoms with van der Waals surface area (Å²) in [5.74, 6) is 0. The zero-order valence-corrected chi connectivity index (χ0v) is 10.3. The van der Waals surface area contributed by atoms with Gasteiger partial charge in [0.2, 0.25) is 0 Å². The second-order valence-corrected chi connectivity index (χ2v) is 5.20. The average Bonchev–Trinajstić information content (AvgIpc) is 2.22. The van der Waals surface area contributed by atoms with Crippen LogP contribution in [0.4, 0.5) is 5.69 Å². The fourth-order valence-corrected chi connectivity index (χ4v) is 2.14. The van der Waals surface area contributed by atoms with Gasteiger partial charge in [0.25, 0.3) is 5.56 Å². The van der Waals surface area contributed by atoms with E-state index in [1.54, 1.807) is 13.2 Å². The van der Waals surface area contributed by atoms with Crippen LogP contribution in [0.5, 0.6) is 0 Å². The molecule has 4 nitrogen and oxygen atoms in total. The number of halogens is 1. The molecule has 1 heterocycles. The van der Waals surface area contributed by atoms with Crippen molar-refractivity contribution in [3.05, 3.63) is 21.6 Å². The molecule has 1 aromatic heterocycles. The van der Waals surface area contributed by atoms with Gasteiger partial charge >= 0.3 is 0 Å². The molecule has 0 aliphatic heterocycles. The summed E-state index contributed by atoms with van der Waals surface area (Å²) in [4.78, 5) is 11.5. The van der Waals surface area contributed by atoms with Gasteiger partial charge in [-0.05, 0) is 18.3 Å². The molecule has 1 saturated carbocycles. The molecule has 1 aliphatic rings. The number of hydrogen-bond donors (Lipinski definition) is 1. The van der Waals surface area contributed by atoms with Crippen molar-refractivity contribution in [3.63, 3.8) is 0 Å². The van der Waals surface area contributed by atoms with E-state index >= 15 is 0 Å². The Kier molecular flexibility index (Phi) is 2.93. The lowest BCUT2D eigenvalue weighted by molar-refractivity contribution is 0.180. The number of hydrogen-bond acceptors (Lipinski definition) is 3. The average molecular weight is 242 g/mol. The van der Waals surface area contributed by atoms with Gasteiger partial charge in [-0.15, -0.1) is 0 Å². The molecule has 5 heteroatoms. The molecule has 2 rings (SSSR count). The van der Waals surface area contributed by atoms with E-state index in [2.05, 4.69) is 17.3 Å². The van der Waals surface area contributed by atoms with Crippen LogP contribution in [0.3, 0.4) is 0 Å². The molecule has 0 bridgehead atoms. The molecule has 1 N–H and O–H groups in total. The highest BCUT2D eigenvalue weighted by Gasteiger charge is 2.31. The molecule has 0 amide bonds. The lowest BCUT2D eigenvalue weighted by atomic mass is 9.70. The Morgan fingerprint density at radius 1 is 1.62 bits per heavy atom. The fourth-order valence-electron chi connectivity index (χ4n) is 1.90. The molecular weight excluding hydrogens is 226 g/mol. The Labute approximate surface area is 99.6 Å². The zero-order chi connectivity index (χ0) is 11.8. The molecule has 16 heavy (non-hydrogen) atoms. The lowest BCUT2D eigenvalue weighted by Crippen LogP contribution is -2.34. The monoisotopic (exact) mass is 241 g/mol. The Balaban J connectivity index is 2.10. The molecule has 0 aromatic carbocycles. The number of nitrogens with zero attached hydrogens (tertiary/aromatic N) is 2. The van der Waals surface area contributed by atoms with Gasteiger partial charge in [-0.2, -0.15) is 5.10 Å². The third-order valence-electron chi connectivity index (χ3n) is 3.34. The predicted octanol–water partition coefficient (Wildman–Crippen LogP) is 2.04. The normalized spacial score (nSPS) is 17.9. The van der Waals surface area contributed by atoms with Gasteiger partial charge in [-0.3, -0.25) is 4.79 Å². The Morgan fingerprint density at radius 3 is 2.88 bits per heavy atom. The highest BCUT2D eigenvalue weighted by Crippen LogP contribution is 2.40. The van der Waals surface area contributed by atoms with Crippen molar-refractivity contribution in [1.29, 1.82) is 0 Å². The van der Waals surface area contributed by atoms with Crippen LogP contribution < -0.4 is 10.9 Å². The van der Waals surface area contributed by atoms with E-state index in [0.29, 0.717) is 11.1 Å².